The number of carbonyl (C=O) groups excluding carboxylic acids is 2. The SMILES string of the molecule is Cc1ccccc1N1C(=O)C(=Cc2ccc(I)o2)C(=O)NC1=S. The summed E-state index contributed by atoms with van der Waals surface area (Å²) in [7, 11) is 0. The lowest BCUT2D eigenvalue weighted by atomic mass is 10.1. The minimum atomic E-state index is -0.531. The highest BCUT2D eigenvalue weighted by atomic mass is 127. The van der Waals surface area contributed by atoms with Crippen molar-refractivity contribution in [2.45, 2.75) is 6.92 Å². The first-order valence-electron chi connectivity index (χ1n) is 6.70. The molecule has 0 radical (unpaired) electrons. The molecule has 0 saturated carbocycles. The van der Waals surface area contributed by atoms with Gasteiger partial charge in [-0.05, 0) is 71.6 Å². The molecule has 3 rings (SSSR count). The number of amides is 2. The van der Waals surface area contributed by atoms with Crippen LogP contribution in [0, 0.1) is 10.7 Å². The van der Waals surface area contributed by atoms with E-state index in [9.17, 15) is 9.59 Å². The topological polar surface area (TPSA) is 62.6 Å². The quantitative estimate of drug-likeness (QED) is 0.339. The molecule has 0 atom stereocenters. The van der Waals surface area contributed by atoms with Gasteiger partial charge in [-0.25, -0.2) is 0 Å². The highest BCUT2D eigenvalue weighted by Gasteiger charge is 2.35. The number of nitrogens with zero attached hydrogens (tertiary/aromatic N) is 1. The molecule has 1 aliphatic heterocycles. The van der Waals surface area contributed by atoms with Crippen LogP contribution in [0.5, 0.6) is 0 Å². The molecule has 1 aromatic carbocycles. The molecule has 5 nitrogen and oxygen atoms in total. The van der Waals surface area contributed by atoms with Gasteiger partial charge in [0.25, 0.3) is 11.8 Å². The van der Waals surface area contributed by atoms with Gasteiger partial charge in [0.15, 0.2) is 8.88 Å². The van der Waals surface area contributed by atoms with Gasteiger partial charge in [0.1, 0.15) is 11.3 Å². The molecule has 0 unspecified atom stereocenters. The maximum absolute atomic E-state index is 12.8. The molecule has 1 N–H and O–H groups in total. The number of thiocarbonyl (C=S) groups is 1. The molecule has 2 heterocycles. The average molecular weight is 438 g/mol. The van der Waals surface area contributed by atoms with Crippen LogP contribution >= 0.6 is 34.8 Å². The van der Waals surface area contributed by atoms with Crippen molar-refractivity contribution < 1.29 is 14.0 Å². The van der Waals surface area contributed by atoms with Crippen LogP contribution in [-0.2, 0) is 9.59 Å². The number of aryl methyl sites for hydroxylation is 1. The van der Waals surface area contributed by atoms with Crippen molar-refractivity contribution >= 4 is 63.5 Å². The van der Waals surface area contributed by atoms with Gasteiger partial charge < -0.3 is 4.42 Å². The molecule has 0 bridgehead atoms. The first kappa shape index (κ1) is 15.9. The number of hydrogen-bond donors (Lipinski definition) is 1. The maximum atomic E-state index is 12.8. The smallest absolute Gasteiger partial charge is 0.270 e. The van der Waals surface area contributed by atoms with Crippen LogP contribution in [0.3, 0.4) is 0 Å². The summed E-state index contributed by atoms with van der Waals surface area (Å²) in [6, 6.07) is 10.8. The molecule has 1 aromatic heterocycles. The summed E-state index contributed by atoms with van der Waals surface area (Å²) in [6.45, 7) is 1.87. The zero-order valence-electron chi connectivity index (χ0n) is 12.0. The third-order valence-corrected chi connectivity index (χ3v) is 4.20. The Morgan fingerprint density at radius 3 is 2.61 bits per heavy atom. The summed E-state index contributed by atoms with van der Waals surface area (Å²) < 4.78 is 6.07. The Bertz CT molecular complexity index is 857. The lowest BCUT2D eigenvalue weighted by molar-refractivity contribution is -0.122. The van der Waals surface area contributed by atoms with Crippen LogP contribution in [0.1, 0.15) is 11.3 Å². The number of anilines is 1. The number of hydrogen-bond acceptors (Lipinski definition) is 4. The number of para-hydroxylation sites is 1. The average Bonchev–Trinajstić information content (AvgIpc) is 2.91. The molecule has 1 saturated heterocycles. The lowest BCUT2D eigenvalue weighted by Crippen LogP contribution is -2.54. The summed E-state index contributed by atoms with van der Waals surface area (Å²) in [5.41, 5.74) is 1.50. The fourth-order valence-corrected chi connectivity index (χ4v) is 2.95. The largest absolute Gasteiger partial charge is 0.451 e. The third-order valence-electron chi connectivity index (χ3n) is 3.34. The summed E-state index contributed by atoms with van der Waals surface area (Å²) in [6.07, 6.45) is 1.42. The van der Waals surface area contributed by atoms with Gasteiger partial charge in [-0.15, -0.1) is 0 Å². The number of nitrogens with one attached hydrogen (secondary N) is 1. The van der Waals surface area contributed by atoms with E-state index >= 15 is 0 Å². The van der Waals surface area contributed by atoms with E-state index in [1.165, 1.54) is 11.0 Å². The summed E-state index contributed by atoms with van der Waals surface area (Å²) >= 11 is 7.18. The number of carbonyl (C=O) groups is 2. The molecule has 0 aliphatic carbocycles. The van der Waals surface area contributed by atoms with E-state index in [-0.39, 0.29) is 10.7 Å². The van der Waals surface area contributed by atoms with Gasteiger partial charge >= 0.3 is 0 Å². The van der Waals surface area contributed by atoms with Crippen LogP contribution in [0.15, 0.2) is 46.4 Å². The van der Waals surface area contributed by atoms with E-state index in [4.69, 9.17) is 16.6 Å². The van der Waals surface area contributed by atoms with Crippen molar-refractivity contribution in [1.29, 1.82) is 0 Å². The Balaban J connectivity index is 2.04. The Morgan fingerprint density at radius 1 is 1.22 bits per heavy atom. The van der Waals surface area contributed by atoms with Gasteiger partial charge in [-0.3, -0.25) is 19.8 Å². The standard InChI is InChI=1S/C16H11IN2O3S/c1-9-4-2-3-5-12(9)19-15(21)11(14(20)18-16(19)23)8-10-6-7-13(17)22-10/h2-8H,1H3,(H,18,20,23). The molecular formula is C16H11IN2O3S. The van der Waals surface area contributed by atoms with Crippen LogP contribution in [-0.4, -0.2) is 16.9 Å². The molecular weight excluding hydrogens is 427 g/mol. The number of benzene rings is 1. The zero-order chi connectivity index (χ0) is 16.6. The fourth-order valence-electron chi connectivity index (χ4n) is 2.24. The van der Waals surface area contributed by atoms with Crippen LogP contribution in [0.4, 0.5) is 5.69 Å². The number of halogens is 1. The number of rotatable bonds is 2. The second kappa shape index (κ2) is 6.25. The summed E-state index contributed by atoms with van der Waals surface area (Å²) in [5.74, 6) is -0.568. The van der Waals surface area contributed by atoms with Gasteiger partial charge in [0, 0.05) is 0 Å². The Labute approximate surface area is 151 Å². The minimum Gasteiger partial charge on any atom is -0.451 e. The maximum Gasteiger partial charge on any atom is 0.270 e. The predicted molar refractivity (Wildman–Crippen MR) is 98.8 cm³/mol. The van der Waals surface area contributed by atoms with E-state index in [2.05, 4.69) is 5.32 Å². The summed E-state index contributed by atoms with van der Waals surface area (Å²) in [5, 5.41) is 2.62. The molecule has 7 heteroatoms. The molecule has 2 aromatic rings. The van der Waals surface area contributed by atoms with Gasteiger partial charge in [-0.1, -0.05) is 18.2 Å². The van der Waals surface area contributed by atoms with Crippen molar-refractivity contribution in [3.63, 3.8) is 0 Å². The highest BCUT2D eigenvalue weighted by Crippen LogP contribution is 2.25. The second-order valence-corrected chi connectivity index (χ2v) is 6.34. The Hall–Kier alpha value is -2.00. The predicted octanol–water partition coefficient (Wildman–Crippen LogP) is 3.02. The lowest BCUT2D eigenvalue weighted by Gasteiger charge is -2.29. The van der Waals surface area contributed by atoms with Crippen molar-refractivity contribution in [2.75, 3.05) is 4.90 Å². The molecule has 2 amide bonds. The molecule has 0 spiro atoms. The van der Waals surface area contributed by atoms with E-state index in [0.717, 1.165) is 5.56 Å². The van der Waals surface area contributed by atoms with Crippen molar-refractivity contribution in [1.82, 2.24) is 5.32 Å². The van der Waals surface area contributed by atoms with Gasteiger partial charge in [-0.2, -0.15) is 0 Å². The monoisotopic (exact) mass is 438 g/mol. The Kier molecular flexibility index (Phi) is 4.31. The van der Waals surface area contributed by atoms with E-state index in [1.807, 2.05) is 47.7 Å². The van der Waals surface area contributed by atoms with Crippen molar-refractivity contribution in [3.8, 4) is 0 Å². The first-order valence-corrected chi connectivity index (χ1v) is 8.18. The Morgan fingerprint density at radius 2 is 1.96 bits per heavy atom. The van der Waals surface area contributed by atoms with E-state index in [1.54, 1.807) is 18.2 Å². The van der Waals surface area contributed by atoms with E-state index in [0.29, 0.717) is 15.2 Å². The minimum absolute atomic E-state index is 0.0207. The first-order chi connectivity index (χ1) is 11.0. The van der Waals surface area contributed by atoms with Crippen LogP contribution in [0.2, 0.25) is 0 Å². The fraction of sp³-hybridized carbons (Fsp3) is 0.0625. The summed E-state index contributed by atoms with van der Waals surface area (Å²) in [4.78, 5) is 26.2. The molecule has 23 heavy (non-hydrogen) atoms. The molecule has 1 aliphatic rings. The van der Waals surface area contributed by atoms with Gasteiger partial charge in [0.2, 0.25) is 0 Å². The van der Waals surface area contributed by atoms with E-state index < -0.39 is 11.8 Å². The normalized spacial score (nSPS) is 16.9. The third kappa shape index (κ3) is 3.06. The molecule has 116 valence electrons. The second-order valence-electron chi connectivity index (χ2n) is 4.89. The molecule has 1 fully saturated rings. The van der Waals surface area contributed by atoms with Crippen molar-refractivity contribution in [3.05, 3.63) is 57.1 Å². The number of furan rings is 1. The van der Waals surface area contributed by atoms with Gasteiger partial charge in [0.05, 0.1) is 5.69 Å². The van der Waals surface area contributed by atoms with Crippen molar-refractivity contribution in [2.24, 2.45) is 0 Å². The zero-order valence-corrected chi connectivity index (χ0v) is 15.0. The van der Waals surface area contributed by atoms with Crippen LogP contribution in [0.25, 0.3) is 6.08 Å². The van der Waals surface area contributed by atoms with Crippen LogP contribution < -0.4 is 10.2 Å². The highest BCUT2D eigenvalue weighted by molar-refractivity contribution is 14.1.